The maximum Gasteiger partial charge on any atom is 0.418 e. The number of hydrogen-bond acceptors (Lipinski definition) is 4. The van der Waals surface area contributed by atoms with E-state index in [9.17, 15) is 23.1 Å². The molecule has 5 atom stereocenters. The van der Waals surface area contributed by atoms with E-state index < -0.39 is 46.5 Å². The van der Waals surface area contributed by atoms with Crippen molar-refractivity contribution in [2.24, 2.45) is 23.2 Å². The number of alkyl halides is 3. The van der Waals surface area contributed by atoms with Crippen molar-refractivity contribution in [3.63, 3.8) is 0 Å². The zero-order valence-electron chi connectivity index (χ0n) is 19.3. The van der Waals surface area contributed by atoms with Crippen LogP contribution in [0.15, 0.2) is 54.4 Å². The molecule has 0 radical (unpaired) electrons. The fraction of sp³-hybridized carbons (Fsp3) is 0.520. The minimum absolute atomic E-state index is 0.109. The lowest BCUT2D eigenvalue weighted by Crippen LogP contribution is -2.54. The summed E-state index contributed by atoms with van der Waals surface area (Å²) in [6.07, 6.45) is 8.34. The minimum Gasteiger partial charge on any atom is -0.459 e. The monoisotopic (exact) mass is 462 g/mol. The highest BCUT2D eigenvalue weighted by atomic mass is 19.4. The Morgan fingerprint density at radius 2 is 1.97 bits per heavy atom. The van der Waals surface area contributed by atoms with Gasteiger partial charge in [-0.2, -0.15) is 18.3 Å². The fourth-order valence-electron chi connectivity index (χ4n) is 5.67. The summed E-state index contributed by atoms with van der Waals surface area (Å²) in [5, 5.41) is 15.5. The van der Waals surface area contributed by atoms with Gasteiger partial charge in [0.15, 0.2) is 5.60 Å². The van der Waals surface area contributed by atoms with E-state index in [2.05, 4.69) is 5.10 Å². The highest BCUT2D eigenvalue weighted by molar-refractivity contribution is 5.74. The Labute approximate surface area is 191 Å². The maximum absolute atomic E-state index is 14.4. The average Bonchev–Trinajstić information content (AvgIpc) is 3.19. The van der Waals surface area contributed by atoms with Crippen LogP contribution in [0.2, 0.25) is 0 Å². The van der Waals surface area contributed by atoms with E-state index in [4.69, 9.17) is 4.74 Å². The third-order valence-corrected chi connectivity index (χ3v) is 6.84. The predicted molar refractivity (Wildman–Crippen MR) is 118 cm³/mol. The molecule has 0 aliphatic heterocycles. The van der Waals surface area contributed by atoms with Crippen molar-refractivity contribution in [2.45, 2.75) is 58.5 Å². The van der Waals surface area contributed by atoms with Crippen molar-refractivity contribution in [1.82, 2.24) is 9.78 Å². The Hall–Kier alpha value is -2.61. The Morgan fingerprint density at radius 1 is 1.27 bits per heavy atom. The maximum atomic E-state index is 14.4. The number of nitrogens with zero attached hydrogens (tertiary/aromatic N) is 2. The largest absolute Gasteiger partial charge is 0.459 e. The SMILES string of the molecule is CC1=CC2C(C(c3cnn(CC(=O)OC(C)(C)C)c3)=C1)C1(C)C=CC=CC1C2(O)C(F)(F)F. The highest BCUT2D eigenvalue weighted by Crippen LogP contribution is 2.67. The number of aromatic nitrogens is 2. The van der Waals surface area contributed by atoms with Gasteiger partial charge in [0.2, 0.25) is 0 Å². The van der Waals surface area contributed by atoms with Gasteiger partial charge in [-0.1, -0.05) is 49.0 Å². The first-order valence-electron chi connectivity index (χ1n) is 11.0. The van der Waals surface area contributed by atoms with Crippen LogP contribution in [0.4, 0.5) is 13.2 Å². The van der Waals surface area contributed by atoms with E-state index in [-0.39, 0.29) is 6.54 Å². The third-order valence-electron chi connectivity index (χ3n) is 6.84. The molecule has 1 aromatic heterocycles. The van der Waals surface area contributed by atoms with Crippen molar-refractivity contribution < 1.29 is 27.8 Å². The molecule has 3 aliphatic carbocycles. The fourth-order valence-corrected chi connectivity index (χ4v) is 5.67. The summed E-state index contributed by atoms with van der Waals surface area (Å²) in [6, 6.07) is 0. The molecule has 1 fully saturated rings. The zero-order valence-corrected chi connectivity index (χ0v) is 19.3. The molecule has 0 bridgehead atoms. The predicted octanol–water partition coefficient (Wildman–Crippen LogP) is 4.86. The number of esters is 1. The van der Waals surface area contributed by atoms with E-state index in [0.717, 1.165) is 0 Å². The van der Waals surface area contributed by atoms with Gasteiger partial charge in [-0.3, -0.25) is 9.48 Å². The number of aliphatic hydroxyl groups is 1. The van der Waals surface area contributed by atoms with Crippen LogP contribution >= 0.6 is 0 Å². The van der Waals surface area contributed by atoms with Gasteiger partial charge in [-0.15, -0.1) is 0 Å². The molecule has 1 saturated carbocycles. The molecule has 0 saturated heterocycles. The van der Waals surface area contributed by atoms with Gasteiger partial charge in [0.25, 0.3) is 0 Å². The van der Waals surface area contributed by atoms with Gasteiger partial charge in [-0.25, -0.2) is 0 Å². The minimum atomic E-state index is -4.81. The van der Waals surface area contributed by atoms with Crippen molar-refractivity contribution in [1.29, 1.82) is 0 Å². The van der Waals surface area contributed by atoms with Crippen LogP contribution in [0.3, 0.4) is 0 Å². The van der Waals surface area contributed by atoms with Gasteiger partial charge in [0.1, 0.15) is 12.1 Å². The first-order chi connectivity index (χ1) is 15.2. The lowest BCUT2D eigenvalue weighted by Gasteiger charge is -2.38. The molecule has 3 aliphatic rings. The van der Waals surface area contributed by atoms with Gasteiger partial charge in [-0.05, 0) is 33.3 Å². The molecule has 33 heavy (non-hydrogen) atoms. The second-order valence-electron chi connectivity index (χ2n) is 10.4. The molecule has 0 spiro atoms. The number of carbonyl (C=O) groups is 1. The third kappa shape index (κ3) is 3.78. The van der Waals surface area contributed by atoms with Crippen LogP contribution in [0.25, 0.3) is 5.57 Å². The number of halogens is 3. The van der Waals surface area contributed by atoms with Crippen LogP contribution in [-0.4, -0.2) is 38.2 Å². The summed E-state index contributed by atoms with van der Waals surface area (Å²) >= 11 is 0. The normalized spacial score (nSPS) is 33.3. The number of hydrogen-bond donors (Lipinski definition) is 1. The number of rotatable bonds is 3. The molecule has 1 aromatic rings. The molecule has 1 heterocycles. The molecule has 0 amide bonds. The van der Waals surface area contributed by atoms with Crippen molar-refractivity contribution in [3.8, 4) is 0 Å². The lowest BCUT2D eigenvalue weighted by molar-refractivity contribution is -0.281. The van der Waals surface area contributed by atoms with Crippen LogP contribution < -0.4 is 0 Å². The van der Waals surface area contributed by atoms with Gasteiger partial charge >= 0.3 is 12.1 Å². The molecule has 178 valence electrons. The standard InChI is InChI=1S/C25H29F3N2O3/c1-15-10-17(16-12-29-30(13-16)14-20(31)33-22(2,3)4)21-18(11-15)24(32,25(26,27)28)19-8-6-7-9-23(19,21)5/h6-13,18-19,21,32H,14H2,1-5H3. The van der Waals surface area contributed by atoms with E-state index in [0.29, 0.717) is 16.7 Å². The number of ether oxygens (including phenoxy) is 1. The highest BCUT2D eigenvalue weighted by Gasteiger charge is 2.74. The lowest BCUT2D eigenvalue weighted by atomic mass is 9.65. The molecular formula is C25H29F3N2O3. The van der Waals surface area contributed by atoms with Crippen molar-refractivity contribution in [3.05, 3.63) is 60.0 Å². The first-order valence-corrected chi connectivity index (χ1v) is 11.0. The van der Waals surface area contributed by atoms with Gasteiger partial charge in [0, 0.05) is 34.9 Å². The molecule has 1 N–H and O–H groups in total. The van der Waals surface area contributed by atoms with E-state index in [1.165, 1.54) is 16.8 Å². The van der Waals surface area contributed by atoms with Gasteiger partial charge < -0.3 is 9.84 Å². The summed E-state index contributed by atoms with van der Waals surface area (Å²) < 4.78 is 49.9. The Balaban J connectivity index is 1.74. The molecule has 0 aromatic carbocycles. The summed E-state index contributed by atoms with van der Waals surface area (Å²) in [7, 11) is 0. The Kier molecular flexibility index (Phi) is 5.32. The Morgan fingerprint density at radius 3 is 2.61 bits per heavy atom. The average molecular weight is 463 g/mol. The molecule has 5 unspecified atom stereocenters. The molecular weight excluding hydrogens is 433 g/mol. The Bertz CT molecular complexity index is 1090. The van der Waals surface area contributed by atoms with Crippen molar-refractivity contribution in [2.75, 3.05) is 0 Å². The number of fused-ring (bicyclic) bond motifs is 3. The van der Waals surface area contributed by atoms with E-state index in [1.807, 2.05) is 6.08 Å². The van der Waals surface area contributed by atoms with E-state index in [1.54, 1.807) is 65.2 Å². The first kappa shape index (κ1) is 23.5. The molecule has 8 heteroatoms. The van der Waals surface area contributed by atoms with E-state index >= 15 is 0 Å². The second kappa shape index (κ2) is 7.45. The zero-order chi connectivity index (χ0) is 24.4. The van der Waals surface area contributed by atoms with Crippen molar-refractivity contribution >= 4 is 11.5 Å². The van der Waals surface area contributed by atoms with Gasteiger partial charge in [0.05, 0.1) is 6.20 Å². The van der Waals surface area contributed by atoms with Crippen LogP contribution in [0.5, 0.6) is 0 Å². The second-order valence-corrected chi connectivity index (χ2v) is 10.4. The number of allylic oxidation sites excluding steroid dienone is 6. The van der Waals surface area contributed by atoms with Crippen LogP contribution in [0, 0.1) is 23.2 Å². The smallest absolute Gasteiger partial charge is 0.418 e. The summed E-state index contributed by atoms with van der Waals surface area (Å²) in [4.78, 5) is 12.2. The summed E-state index contributed by atoms with van der Waals surface area (Å²) in [6.45, 7) is 8.70. The molecule has 4 rings (SSSR count). The number of carbonyl (C=O) groups excluding carboxylic acids is 1. The summed E-state index contributed by atoms with van der Waals surface area (Å²) in [5.74, 6) is -3.37. The topological polar surface area (TPSA) is 64.4 Å². The quantitative estimate of drug-likeness (QED) is 0.652. The van der Waals surface area contributed by atoms with Crippen LogP contribution in [0.1, 0.15) is 40.2 Å². The molecule has 5 nitrogen and oxygen atoms in total. The van der Waals surface area contributed by atoms with Crippen LogP contribution in [-0.2, 0) is 16.1 Å². The summed E-state index contributed by atoms with van der Waals surface area (Å²) in [5.41, 5.74) is -2.56.